The molecule has 0 radical (unpaired) electrons. The van der Waals surface area contributed by atoms with Crippen LogP contribution >= 0.6 is 11.8 Å². The third-order valence-corrected chi connectivity index (χ3v) is 6.59. The van der Waals surface area contributed by atoms with Gasteiger partial charge in [-0.1, -0.05) is 12.1 Å². The number of nitrogens with one attached hydrogen (secondary N) is 1. The number of carbonyl (C=O) groups excluding carboxylic acids is 2. The van der Waals surface area contributed by atoms with Gasteiger partial charge in [0, 0.05) is 30.4 Å². The summed E-state index contributed by atoms with van der Waals surface area (Å²) in [5.41, 5.74) is 5.36. The number of rotatable bonds is 14. The molecule has 212 valence electrons. The molecule has 1 aliphatic rings. The number of nitrogens with two attached hydrogens (primary N) is 1. The predicted molar refractivity (Wildman–Crippen MR) is 137 cm³/mol. The number of methoxy groups -OCH3 is 1. The van der Waals surface area contributed by atoms with Gasteiger partial charge >= 0.3 is 18.1 Å². The summed E-state index contributed by atoms with van der Waals surface area (Å²) in [5.74, 6) is -2.72. The molecule has 0 fully saturated rings. The fourth-order valence-corrected chi connectivity index (χ4v) is 4.93. The van der Waals surface area contributed by atoms with E-state index in [-0.39, 0.29) is 34.8 Å². The standard InChI is InChI=1S/C26H35F3N2O6S/c1-5-37-25(33)22-19(15-36-14-8-13-35-12-7-11-30)31-16(2)20(24(32)34-3)21(22)17-9-6-10-18(23(17)38-4)26(27,28)29/h6,9-10,21,31H,5,7-8,11-15,30H2,1-4H3/t21-/m1/s1. The lowest BCUT2D eigenvalue weighted by molar-refractivity contribution is -0.140. The molecule has 1 aliphatic heterocycles. The largest absolute Gasteiger partial charge is 0.466 e. The van der Waals surface area contributed by atoms with Crippen molar-refractivity contribution in [1.29, 1.82) is 0 Å². The number of carbonyl (C=O) groups is 2. The van der Waals surface area contributed by atoms with Crippen LogP contribution in [-0.4, -0.2) is 64.9 Å². The SMILES string of the molecule is CCOC(=O)C1=C(COCCCOCCCN)NC(C)=C(C(=O)OC)[C@H]1c1cccc(C(F)(F)F)c1SC. The van der Waals surface area contributed by atoms with Gasteiger partial charge in [0.2, 0.25) is 0 Å². The highest BCUT2D eigenvalue weighted by Crippen LogP contribution is 2.46. The number of ether oxygens (including phenoxy) is 4. The van der Waals surface area contributed by atoms with E-state index >= 15 is 0 Å². The van der Waals surface area contributed by atoms with Crippen molar-refractivity contribution in [1.82, 2.24) is 5.32 Å². The van der Waals surface area contributed by atoms with Gasteiger partial charge in [0.25, 0.3) is 0 Å². The summed E-state index contributed by atoms with van der Waals surface area (Å²) in [4.78, 5) is 26.1. The minimum atomic E-state index is -4.64. The van der Waals surface area contributed by atoms with Crippen molar-refractivity contribution in [2.24, 2.45) is 5.73 Å². The number of hydrogen-bond donors (Lipinski definition) is 2. The number of thioether (sulfide) groups is 1. The Balaban J connectivity index is 2.56. The lowest BCUT2D eigenvalue weighted by Gasteiger charge is -2.32. The molecule has 1 aromatic rings. The molecule has 38 heavy (non-hydrogen) atoms. The van der Waals surface area contributed by atoms with Crippen LogP contribution in [0.4, 0.5) is 13.2 Å². The number of hydrogen-bond acceptors (Lipinski definition) is 9. The van der Waals surface area contributed by atoms with E-state index in [4.69, 9.17) is 24.7 Å². The molecule has 0 spiro atoms. The van der Waals surface area contributed by atoms with Crippen LogP contribution < -0.4 is 11.1 Å². The molecule has 2 rings (SSSR count). The third kappa shape index (κ3) is 7.98. The molecule has 0 bridgehead atoms. The first kappa shape index (κ1) is 31.7. The van der Waals surface area contributed by atoms with Gasteiger partial charge in [-0.25, -0.2) is 9.59 Å². The van der Waals surface area contributed by atoms with E-state index in [0.29, 0.717) is 44.2 Å². The van der Waals surface area contributed by atoms with Crippen LogP contribution in [-0.2, 0) is 34.7 Å². The predicted octanol–water partition coefficient (Wildman–Crippen LogP) is 4.15. The molecule has 8 nitrogen and oxygen atoms in total. The van der Waals surface area contributed by atoms with Crippen molar-refractivity contribution in [3.8, 4) is 0 Å². The maximum Gasteiger partial charge on any atom is 0.417 e. The summed E-state index contributed by atoms with van der Waals surface area (Å²) in [6.45, 7) is 5.03. The lowest BCUT2D eigenvalue weighted by atomic mass is 9.79. The Labute approximate surface area is 225 Å². The second-order valence-corrected chi connectivity index (χ2v) is 9.10. The van der Waals surface area contributed by atoms with E-state index in [2.05, 4.69) is 5.32 Å². The molecule has 3 N–H and O–H groups in total. The average Bonchev–Trinajstić information content (AvgIpc) is 2.88. The van der Waals surface area contributed by atoms with Crippen molar-refractivity contribution in [3.05, 3.63) is 51.9 Å². The molecule has 0 saturated heterocycles. The zero-order valence-corrected chi connectivity index (χ0v) is 22.9. The summed E-state index contributed by atoms with van der Waals surface area (Å²) in [6, 6.07) is 3.70. The number of alkyl halides is 3. The van der Waals surface area contributed by atoms with Crippen LogP contribution in [0.3, 0.4) is 0 Å². The van der Waals surface area contributed by atoms with E-state index in [1.54, 1.807) is 13.8 Å². The van der Waals surface area contributed by atoms with Crippen LogP contribution in [0.2, 0.25) is 0 Å². The molecule has 1 heterocycles. The molecule has 0 aromatic heterocycles. The molecule has 1 atom stereocenters. The van der Waals surface area contributed by atoms with E-state index < -0.39 is 29.6 Å². The zero-order valence-electron chi connectivity index (χ0n) is 22.0. The van der Waals surface area contributed by atoms with Gasteiger partial charge in [-0.3, -0.25) is 0 Å². The van der Waals surface area contributed by atoms with Gasteiger partial charge in [0.05, 0.1) is 48.6 Å². The van der Waals surface area contributed by atoms with Gasteiger partial charge in [-0.05, 0) is 51.1 Å². The van der Waals surface area contributed by atoms with Gasteiger partial charge in [-0.2, -0.15) is 13.2 Å². The van der Waals surface area contributed by atoms with Crippen molar-refractivity contribution in [2.75, 3.05) is 52.9 Å². The fraction of sp³-hybridized carbons (Fsp3) is 0.538. The summed E-state index contributed by atoms with van der Waals surface area (Å²) in [7, 11) is 1.17. The topological polar surface area (TPSA) is 109 Å². The Bertz CT molecular complexity index is 1040. The van der Waals surface area contributed by atoms with Crippen molar-refractivity contribution < 1.29 is 41.7 Å². The van der Waals surface area contributed by atoms with E-state index in [1.165, 1.54) is 25.5 Å². The minimum Gasteiger partial charge on any atom is -0.466 e. The summed E-state index contributed by atoms with van der Waals surface area (Å²) in [6.07, 6.45) is -1.79. The van der Waals surface area contributed by atoms with E-state index in [0.717, 1.165) is 24.2 Å². The summed E-state index contributed by atoms with van der Waals surface area (Å²) < 4.78 is 63.2. The number of esters is 2. The molecule has 0 unspecified atom stereocenters. The Hall–Kier alpha value is -2.54. The average molecular weight is 561 g/mol. The lowest BCUT2D eigenvalue weighted by Crippen LogP contribution is -2.35. The first-order chi connectivity index (χ1) is 18.1. The second-order valence-electron chi connectivity index (χ2n) is 8.29. The summed E-state index contributed by atoms with van der Waals surface area (Å²) >= 11 is 0.883. The quantitative estimate of drug-likeness (QED) is 0.197. The Morgan fingerprint density at radius 3 is 2.37 bits per heavy atom. The normalized spacial score (nSPS) is 15.9. The van der Waals surface area contributed by atoms with E-state index in [9.17, 15) is 22.8 Å². The molecule has 12 heteroatoms. The Morgan fingerprint density at radius 2 is 1.76 bits per heavy atom. The first-order valence-electron chi connectivity index (χ1n) is 12.2. The number of dihydropyridines is 1. The monoisotopic (exact) mass is 560 g/mol. The van der Waals surface area contributed by atoms with Crippen LogP contribution in [0.1, 0.15) is 43.7 Å². The number of benzene rings is 1. The smallest absolute Gasteiger partial charge is 0.417 e. The number of allylic oxidation sites excluding steroid dienone is 1. The van der Waals surface area contributed by atoms with Gasteiger partial charge in [0.1, 0.15) is 0 Å². The van der Waals surface area contributed by atoms with Crippen molar-refractivity contribution >= 4 is 23.7 Å². The fourth-order valence-electron chi connectivity index (χ4n) is 4.11. The highest BCUT2D eigenvalue weighted by molar-refractivity contribution is 7.98. The maximum absolute atomic E-state index is 13.9. The van der Waals surface area contributed by atoms with Gasteiger partial charge in [0.15, 0.2) is 0 Å². The minimum absolute atomic E-state index is 0.00771. The van der Waals surface area contributed by atoms with Crippen LogP contribution in [0.5, 0.6) is 0 Å². The maximum atomic E-state index is 13.9. The molecule has 0 amide bonds. The van der Waals surface area contributed by atoms with Crippen LogP contribution in [0.25, 0.3) is 0 Å². The molecular weight excluding hydrogens is 525 g/mol. The first-order valence-corrected chi connectivity index (χ1v) is 13.4. The highest BCUT2D eigenvalue weighted by Gasteiger charge is 2.42. The molecular formula is C26H35F3N2O6S. The van der Waals surface area contributed by atoms with E-state index in [1.807, 2.05) is 0 Å². The highest BCUT2D eigenvalue weighted by atomic mass is 32.2. The molecule has 0 aliphatic carbocycles. The van der Waals surface area contributed by atoms with Gasteiger partial charge in [-0.15, -0.1) is 11.8 Å². The van der Waals surface area contributed by atoms with Crippen LogP contribution in [0, 0.1) is 0 Å². The zero-order chi connectivity index (χ0) is 28.3. The van der Waals surface area contributed by atoms with Gasteiger partial charge < -0.3 is 30.0 Å². The Morgan fingerprint density at radius 1 is 1.08 bits per heavy atom. The van der Waals surface area contributed by atoms with Crippen LogP contribution in [0.15, 0.2) is 45.6 Å². The third-order valence-electron chi connectivity index (χ3n) is 5.73. The van der Waals surface area contributed by atoms with Crippen molar-refractivity contribution in [2.45, 2.75) is 43.7 Å². The Kier molecular flexibility index (Phi) is 12.6. The number of halogens is 3. The molecule has 0 saturated carbocycles. The summed E-state index contributed by atoms with van der Waals surface area (Å²) in [5, 5.41) is 3.03. The molecule has 1 aromatic carbocycles. The van der Waals surface area contributed by atoms with Crippen molar-refractivity contribution in [3.63, 3.8) is 0 Å². The second kappa shape index (κ2) is 15.2.